The van der Waals surface area contributed by atoms with E-state index in [0.717, 1.165) is 11.2 Å². The third-order valence-electron chi connectivity index (χ3n) is 8.91. The molecule has 0 unspecified atom stereocenters. The molecule has 10 aromatic rings. The standard InChI is InChI=1S/C54H38N2/c1-5-16-39(17-6-1)41-28-32-47(33-29-41)55(53-34-30-44(40-18-7-2-8-19-40)37-50(53)42-20-9-3-10-21-42)48-25-15-22-43(36-48)45-31-35-54-51(38-45)49-26-13-14-27-52(49)56(54)46-23-11-4-12-24-46/h1-38H/i1D,2D,3D,5D,6D,7D,8D,9D,10D,15D,16D,17D,18D,19D,20D,21D,22D,25D,28D,29D,30D,32D,33D,34D,36D,37D. The summed E-state index contributed by atoms with van der Waals surface area (Å²) >= 11 is 0. The van der Waals surface area contributed by atoms with Crippen molar-refractivity contribution in [3.63, 3.8) is 0 Å². The molecule has 264 valence electrons. The maximum absolute atomic E-state index is 10.2. The Morgan fingerprint density at radius 1 is 0.375 bits per heavy atom. The van der Waals surface area contributed by atoms with E-state index >= 15 is 0 Å². The van der Waals surface area contributed by atoms with Crippen molar-refractivity contribution < 1.29 is 35.6 Å². The number of hydrogen-bond acceptors (Lipinski definition) is 1. The van der Waals surface area contributed by atoms with Crippen LogP contribution >= 0.6 is 0 Å². The summed E-state index contributed by atoms with van der Waals surface area (Å²) < 4.78 is 239. The molecule has 0 aliphatic carbocycles. The van der Waals surface area contributed by atoms with E-state index in [1.54, 1.807) is 18.2 Å². The van der Waals surface area contributed by atoms with Crippen LogP contribution in [0.4, 0.5) is 17.1 Å². The van der Waals surface area contributed by atoms with Gasteiger partial charge in [0.15, 0.2) is 0 Å². The molecule has 0 bridgehead atoms. The lowest BCUT2D eigenvalue weighted by molar-refractivity contribution is 1.18. The highest BCUT2D eigenvalue weighted by Gasteiger charge is 2.20. The minimum Gasteiger partial charge on any atom is -0.310 e. The van der Waals surface area contributed by atoms with Crippen LogP contribution in [0.1, 0.15) is 35.6 Å². The van der Waals surface area contributed by atoms with E-state index in [2.05, 4.69) is 0 Å². The lowest BCUT2D eigenvalue weighted by Gasteiger charge is -2.29. The Hall–Kier alpha value is -7.42. The van der Waals surface area contributed by atoms with E-state index in [-0.39, 0.29) is 5.56 Å². The summed E-state index contributed by atoms with van der Waals surface area (Å²) in [5.74, 6) is 0. The molecule has 0 spiro atoms. The van der Waals surface area contributed by atoms with Crippen LogP contribution in [0.3, 0.4) is 0 Å². The number of para-hydroxylation sites is 2. The highest BCUT2D eigenvalue weighted by atomic mass is 15.1. The van der Waals surface area contributed by atoms with Gasteiger partial charge in [-0.2, -0.15) is 0 Å². The van der Waals surface area contributed by atoms with Crippen molar-refractivity contribution in [2.75, 3.05) is 4.90 Å². The zero-order valence-electron chi connectivity index (χ0n) is 54.8. The van der Waals surface area contributed by atoms with E-state index in [4.69, 9.17) is 17.8 Å². The lowest BCUT2D eigenvalue weighted by Crippen LogP contribution is -2.11. The van der Waals surface area contributed by atoms with Gasteiger partial charge in [-0.15, -0.1) is 0 Å². The molecule has 9 aromatic carbocycles. The molecule has 2 nitrogen and oxygen atoms in total. The fourth-order valence-electron chi connectivity index (χ4n) is 6.45. The average molecular weight is 741 g/mol. The Bertz CT molecular complexity index is 4360. The van der Waals surface area contributed by atoms with Crippen molar-refractivity contribution in [2.45, 2.75) is 0 Å². The highest BCUT2D eigenvalue weighted by Crippen LogP contribution is 2.44. The number of fused-ring (bicyclic) bond motifs is 3. The van der Waals surface area contributed by atoms with Gasteiger partial charge in [-0.1, -0.05) is 163 Å². The fourth-order valence-corrected chi connectivity index (χ4v) is 6.45. The van der Waals surface area contributed by atoms with Crippen LogP contribution in [0.25, 0.3) is 72.0 Å². The molecule has 1 heterocycles. The van der Waals surface area contributed by atoms with Crippen molar-refractivity contribution in [2.24, 2.45) is 0 Å². The molecule has 0 fully saturated rings. The van der Waals surface area contributed by atoms with Crippen LogP contribution in [-0.2, 0) is 0 Å². The van der Waals surface area contributed by atoms with Crippen molar-refractivity contribution >= 4 is 38.9 Å². The summed E-state index contributed by atoms with van der Waals surface area (Å²) in [6.07, 6.45) is 0. The summed E-state index contributed by atoms with van der Waals surface area (Å²) in [6.45, 7) is 0. The zero-order chi connectivity index (χ0) is 59.9. The van der Waals surface area contributed by atoms with Gasteiger partial charge in [0.25, 0.3) is 0 Å². The summed E-state index contributed by atoms with van der Waals surface area (Å²) in [5, 5.41) is 1.26. The van der Waals surface area contributed by atoms with Crippen molar-refractivity contribution in [3.8, 4) is 50.2 Å². The Morgan fingerprint density at radius 2 is 0.946 bits per heavy atom. The first-order valence-corrected chi connectivity index (χ1v) is 17.1. The second-order valence-electron chi connectivity index (χ2n) is 12.2. The van der Waals surface area contributed by atoms with Crippen LogP contribution in [-0.4, -0.2) is 4.57 Å². The van der Waals surface area contributed by atoms with Crippen LogP contribution < -0.4 is 4.90 Å². The summed E-state index contributed by atoms with van der Waals surface area (Å²) in [6, 6.07) is -5.42. The molecule has 0 radical (unpaired) electrons. The highest BCUT2D eigenvalue weighted by molar-refractivity contribution is 6.10. The number of nitrogens with zero attached hydrogens (tertiary/aromatic N) is 2. The minimum atomic E-state index is -1.26. The van der Waals surface area contributed by atoms with Crippen LogP contribution in [0, 0.1) is 0 Å². The molecular formula is C54H38N2. The molecule has 0 saturated heterocycles. The average Bonchev–Trinajstić information content (AvgIpc) is 2.07. The summed E-state index contributed by atoms with van der Waals surface area (Å²) in [5.41, 5.74) is -6.87. The van der Waals surface area contributed by atoms with Gasteiger partial charge in [0, 0.05) is 33.4 Å². The first-order chi connectivity index (χ1) is 38.6. The van der Waals surface area contributed by atoms with Gasteiger partial charge >= 0.3 is 0 Å². The predicted molar refractivity (Wildman–Crippen MR) is 237 cm³/mol. The van der Waals surface area contributed by atoms with E-state index in [0.29, 0.717) is 21.2 Å². The van der Waals surface area contributed by atoms with E-state index in [9.17, 15) is 17.8 Å². The van der Waals surface area contributed by atoms with Gasteiger partial charge in [-0.05, 0) is 106 Å². The van der Waals surface area contributed by atoms with Crippen LogP contribution in [0.5, 0.6) is 0 Å². The third kappa shape index (κ3) is 6.14. The van der Waals surface area contributed by atoms with Crippen molar-refractivity contribution in [1.82, 2.24) is 4.57 Å². The molecule has 0 saturated carbocycles. The summed E-state index contributed by atoms with van der Waals surface area (Å²) in [7, 11) is 0. The molecule has 0 amide bonds. The van der Waals surface area contributed by atoms with E-state index in [1.807, 2.05) is 53.1 Å². The zero-order valence-corrected chi connectivity index (χ0v) is 28.8. The van der Waals surface area contributed by atoms with Gasteiger partial charge < -0.3 is 9.47 Å². The van der Waals surface area contributed by atoms with E-state index in [1.165, 1.54) is 6.07 Å². The number of benzene rings is 9. The first-order valence-electron chi connectivity index (χ1n) is 30.1. The van der Waals surface area contributed by atoms with Gasteiger partial charge in [0.2, 0.25) is 0 Å². The molecule has 0 aliphatic heterocycles. The molecule has 0 aliphatic rings. The third-order valence-corrected chi connectivity index (χ3v) is 8.91. The normalized spacial score (nSPS) is 17.7. The van der Waals surface area contributed by atoms with Crippen molar-refractivity contribution in [3.05, 3.63) is 230 Å². The molecule has 0 atom stereocenters. The van der Waals surface area contributed by atoms with Crippen molar-refractivity contribution in [1.29, 1.82) is 0 Å². The van der Waals surface area contributed by atoms with Gasteiger partial charge in [0.05, 0.1) is 52.4 Å². The molecule has 2 heteroatoms. The Kier molecular flexibility index (Phi) is 4.06. The minimum absolute atomic E-state index is 0.0556. The maximum atomic E-state index is 10.2. The smallest absolute Gasteiger partial charge is 0.0651 e. The largest absolute Gasteiger partial charge is 0.310 e. The summed E-state index contributed by atoms with van der Waals surface area (Å²) in [4.78, 5) is 0.470. The Morgan fingerprint density at radius 3 is 1.68 bits per heavy atom. The predicted octanol–water partition coefficient (Wildman–Crippen LogP) is 14.9. The Labute approximate surface area is 364 Å². The lowest BCUT2D eigenvalue weighted by atomic mass is 9.95. The number of rotatable bonds is 8. The second kappa shape index (κ2) is 14.4. The van der Waals surface area contributed by atoms with Crippen LogP contribution in [0.2, 0.25) is 0 Å². The van der Waals surface area contributed by atoms with Crippen LogP contribution in [0.15, 0.2) is 230 Å². The number of hydrogen-bond donors (Lipinski definition) is 0. The molecule has 0 N–H and O–H groups in total. The van der Waals surface area contributed by atoms with Gasteiger partial charge in [-0.3, -0.25) is 0 Å². The maximum Gasteiger partial charge on any atom is 0.0651 e. The topological polar surface area (TPSA) is 8.17 Å². The monoisotopic (exact) mass is 740 g/mol. The van der Waals surface area contributed by atoms with Gasteiger partial charge in [0.1, 0.15) is 0 Å². The molecular weight excluding hydrogens is 677 g/mol. The molecule has 56 heavy (non-hydrogen) atoms. The van der Waals surface area contributed by atoms with Gasteiger partial charge in [-0.25, -0.2) is 0 Å². The number of aromatic nitrogens is 1. The number of anilines is 3. The molecule has 1 aromatic heterocycles. The SMILES string of the molecule is [2H]c1c([2H])c([2H])c(-c2c([2H])c([2H])c(N(c3c([2H])c([2H])c([2H])c(-c4ccc5c(c4)c4ccccc4n5-c4ccccc4)c3[2H])c3c([2H])c([2H])c(-c4c([2H])c([2H])c([2H])c([2H])c4[2H])c([2H])c3-c3c([2H])c([2H])c([2H])c([2H])c3[2H])c([2H])c2[2H])c([2H])c1[2H]. The second-order valence-corrected chi connectivity index (χ2v) is 12.2. The Balaban J connectivity index is 1.42. The molecule has 10 rings (SSSR count). The first kappa shape index (κ1) is 15.7. The quantitative estimate of drug-likeness (QED) is 0.151. The van der Waals surface area contributed by atoms with E-state index < -0.39 is 213 Å². The fraction of sp³-hybridized carbons (Fsp3) is 0.